The molecule has 0 spiro atoms. The van der Waals surface area contributed by atoms with Gasteiger partial charge in [0, 0.05) is 5.41 Å². The largest absolute Gasteiger partial charge is 0.207 e. The van der Waals surface area contributed by atoms with Crippen LogP contribution in [0.3, 0.4) is 0 Å². The maximum absolute atomic E-state index is 14.4. The van der Waals surface area contributed by atoms with E-state index in [0.717, 1.165) is 47.9 Å². The van der Waals surface area contributed by atoms with E-state index in [1.165, 1.54) is 64.2 Å². The fraction of sp³-hybridized carbons (Fsp3) is 0.586. The SMILES string of the molecule is CCCCCCCCC1(CCCCCCCC)c2cc(F)ccc2-c2ccc(F)cc21. The predicted octanol–water partition coefficient (Wildman–Crippen LogP) is 9.73. The van der Waals surface area contributed by atoms with Gasteiger partial charge in [-0.2, -0.15) is 0 Å². The summed E-state index contributed by atoms with van der Waals surface area (Å²) >= 11 is 0. The number of rotatable bonds is 14. The Morgan fingerprint density at radius 3 is 1.35 bits per heavy atom. The summed E-state index contributed by atoms with van der Waals surface area (Å²) in [6.45, 7) is 4.48. The highest BCUT2D eigenvalue weighted by Gasteiger charge is 2.42. The summed E-state index contributed by atoms with van der Waals surface area (Å²) in [5, 5.41) is 0. The Labute approximate surface area is 188 Å². The van der Waals surface area contributed by atoms with E-state index in [9.17, 15) is 8.78 Å². The number of hydrogen-bond donors (Lipinski definition) is 0. The van der Waals surface area contributed by atoms with Crippen LogP contribution in [0.4, 0.5) is 8.78 Å². The van der Waals surface area contributed by atoms with Gasteiger partial charge in [-0.3, -0.25) is 0 Å². The van der Waals surface area contributed by atoms with Crippen LogP contribution in [0.1, 0.15) is 115 Å². The van der Waals surface area contributed by atoms with Crippen molar-refractivity contribution in [2.75, 3.05) is 0 Å². The van der Waals surface area contributed by atoms with E-state index in [4.69, 9.17) is 0 Å². The van der Waals surface area contributed by atoms with E-state index in [2.05, 4.69) is 13.8 Å². The Morgan fingerprint density at radius 2 is 0.935 bits per heavy atom. The third kappa shape index (κ3) is 5.76. The Morgan fingerprint density at radius 1 is 0.548 bits per heavy atom. The molecule has 170 valence electrons. The predicted molar refractivity (Wildman–Crippen MR) is 129 cm³/mol. The van der Waals surface area contributed by atoms with Crippen LogP contribution in [0.25, 0.3) is 11.1 Å². The van der Waals surface area contributed by atoms with E-state index in [-0.39, 0.29) is 17.0 Å². The molecule has 0 N–H and O–H groups in total. The fourth-order valence-electron chi connectivity index (χ4n) is 5.52. The molecule has 0 nitrogen and oxygen atoms in total. The van der Waals surface area contributed by atoms with Crippen molar-refractivity contribution < 1.29 is 8.78 Å². The fourth-order valence-corrected chi connectivity index (χ4v) is 5.52. The molecule has 0 saturated carbocycles. The van der Waals surface area contributed by atoms with Gasteiger partial charge < -0.3 is 0 Å². The zero-order valence-electron chi connectivity index (χ0n) is 19.6. The van der Waals surface area contributed by atoms with Crippen LogP contribution in [0, 0.1) is 11.6 Å². The van der Waals surface area contributed by atoms with E-state index in [1.54, 1.807) is 24.3 Å². The minimum absolute atomic E-state index is 0.178. The van der Waals surface area contributed by atoms with Crippen LogP contribution in [-0.4, -0.2) is 0 Å². The van der Waals surface area contributed by atoms with E-state index in [0.29, 0.717) is 0 Å². The van der Waals surface area contributed by atoms with Gasteiger partial charge in [0.1, 0.15) is 11.6 Å². The van der Waals surface area contributed by atoms with Crippen molar-refractivity contribution in [1.29, 1.82) is 0 Å². The highest BCUT2D eigenvalue weighted by atomic mass is 19.1. The molecule has 2 aromatic rings. The average molecular weight is 427 g/mol. The number of fused-ring (bicyclic) bond motifs is 3. The van der Waals surface area contributed by atoms with Crippen LogP contribution in [0.15, 0.2) is 36.4 Å². The standard InChI is InChI=1S/C29H40F2/c1-3-5-7-9-11-13-19-29(20-14-12-10-8-6-4-2)27-21-23(30)15-17-25(27)26-18-16-24(31)22-28(26)29/h15-18,21-22H,3-14,19-20H2,1-2H3. The molecule has 0 amide bonds. The minimum atomic E-state index is -0.246. The molecule has 1 aliphatic carbocycles. The lowest BCUT2D eigenvalue weighted by Crippen LogP contribution is -2.26. The Balaban J connectivity index is 1.85. The normalized spacial score (nSPS) is 13.9. The maximum Gasteiger partial charge on any atom is 0.123 e. The lowest BCUT2D eigenvalue weighted by molar-refractivity contribution is 0.395. The van der Waals surface area contributed by atoms with E-state index in [1.807, 2.05) is 12.1 Å². The summed E-state index contributed by atoms with van der Waals surface area (Å²) in [7, 11) is 0. The first-order valence-corrected chi connectivity index (χ1v) is 12.7. The van der Waals surface area contributed by atoms with Crippen LogP contribution in [-0.2, 0) is 5.41 Å². The minimum Gasteiger partial charge on any atom is -0.207 e. The van der Waals surface area contributed by atoms with E-state index >= 15 is 0 Å². The third-order valence-corrected chi connectivity index (χ3v) is 7.20. The number of unbranched alkanes of at least 4 members (excludes halogenated alkanes) is 10. The van der Waals surface area contributed by atoms with E-state index < -0.39 is 0 Å². The molecule has 2 heteroatoms. The molecule has 0 unspecified atom stereocenters. The quantitative estimate of drug-likeness (QED) is 0.264. The number of benzene rings is 2. The molecule has 0 radical (unpaired) electrons. The van der Waals surface area contributed by atoms with Gasteiger partial charge in [-0.1, -0.05) is 103 Å². The van der Waals surface area contributed by atoms with Crippen molar-refractivity contribution >= 4 is 0 Å². The Hall–Kier alpha value is -1.70. The Bertz CT molecular complexity index is 754. The lowest BCUT2D eigenvalue weighted by Gasteiger charge is -2.33. The summed E-state index contributed by atoms with van der Waals surface area (Å²) in [4.78, 5) is 0. The Kier molecular flexibility index (Phi) is 9.11. The zero-order valence-corrected chi connectivity index (χ0v) is 19.6. The molecule has 0 aliphatic heterocycles. The summed E-state index contributed by atoms with van der Waals surface area (Å²) in [5.41, 5.74) is 4.15. The van der Waals surface area contributed by atoms with Crippen molar-refractivity contribution in [3.63, 3.8) is 0 Å². The summed E-state index contributed by atoms with van der Waals surface area (Å²) in [6, 6.07) is 10.4. The van der Waals surface area contributed by atoms with Crippen molar-refractivity contribution in [1.82, 2.24) is 0 Å². The average Bonchev–Trinajstić information content (AvgIpc) is 3.02. The summed E-state index contributed by atoms with van der Waals surface area (Å²) < 4.78 is 28.8. The molecule has 1 aliphatic rings. The highest BCUT2D eigenvalue weighted by molar-refractivity contribution is 5.81. The van der Waals surface area contributed by atoms with Crippen molar-refractivity contribution in [2.24, 2.45) is 0 Å². The molecular formula is C29H40F2. The van der Waals surface area contributed by atoms with Gasteiger partial charge in [0.25, 0.3) is 0 Å². The van der Waals surface area contributed by atoms with Crippen molar-refractivity contribution in [3.8, 4) is 11.1 Å². The van der Waals surface area contributed by atoms with Crippen molar-refractivity contribution in [3.05, 3.63) is 59.2 Å². The molecule has 0 heterocycles. The molecule has 0 bridgehead atoms. The molecule has 0 saturated heterocycles. The summed E-state index contributed by atoms with van der Waals surface area (Å²) in [6.07, 6.45) is 16.8. The van der Waals surface area contributed by atoms with Crippen LogP contribution in [0.2, 0.25) is 0 Å². The van der Waals surface area contributed by atoms with Crippen molar-refractivity contribution in [2.45, 2.75) is 109 Å². The topological polar surface area (TPSA) is 0 Å². The second kappa shape index (κ2) is 11.8. The molecule has 0 fully saturated rings. The number of hydrogen-bond acceptors (Lipinski definition) is 0. The molecular weight excluding hydrogens is 386 g/mol. The molecule has 2 aromatic carbocycles. The highest BCUT2D eigenvalue weighted by Crippen LogP contribution is 2.54. The van der Waals surface area contributed by atoms with Crippen LogP contribution in [0.5, 0.6) is 0 Å². The first kappa shape index (κ1) is 24.0. The van der Waals surface area contributed by atoms with Gasteiger partial charge in [-0.15, -0.1) is 0 Å². The third-order valence-electron chi connectivity index (χ3n) is 7.20. The second-order valence-electron chi connectivity index (χ2n) is 9.50. The van der Waals surface area contributed by atoms with Gasteiger partial charge >= 0.3 is 0 Å². The van der Waals surface area contributed by atoms with Crippen LogP contribution >= 0.6 is 0 Å². The number of halogens is 2. The zero-order chi connectivity index (χ0) is 22.1. The first-order chi connectivity index (χ1) is 15.1. The first-order valence-electron chi connectivity index (χ1n) is 12.7. The van der Waals surface area contributed by atoms with Crippen LogP contribution < -0.4 is 0 Å². The maximum atomic E-state index is 14.4. The van der Waals surface area contributed by atoms with Gasteiger partial charge in [0.15, 0.2) is 0 Å². The van der Waals surface area contributed by atoms with Gasteiger partial charge in [-0.25, -0.2) is 8.78 Å². The lowest BCUT2D eigenvalue weighted by atomic mass is 9.70. The smallest absolute Gasteiger partial charge is 0.123 e. The molecule has 0 atom stereocenters. The molecule has 3 rings (SSSR count). The van der Waals surface area contributed by atoms with Gasteiger partial charge in [0.05, 0.1) is 0 Å². The second-order valence-corrected chi connectivity index (χ2v) is 9.50. The summed E-state index contributed by atoms with van der Waals surface area (Å²) in [5.74, 6) is -0.357. The monoisotopic (exact) mass is 426 g/mol. The van der Waals surface area contributed by atoms with Gasteiger partial charge in [0.2, 0.25) is 0 Å². The van der Waals surface area contributed by atoms with Gasteiger partial charge in [-0.05, 0) is 59.4 Å². The molecule has 0 aromatic heterocycles. The molecule has 31 heavy (non-hydrogen) atoms.